The molecule has 180 valence electrons. The third-order valence-corrected chi connectivity index (χ3v) is 7.69. The molecule has 1 aliphatic heterocycles. The molecule has 0 radical (unpaired) electrons. The Morgan fingerprint density at radius 3 is 2.41 bits per heavy atom. The van der Waals surface area contributed by atoms with Crippen molar-refractivity contribution in [2.45, 2.75) is 16.3 Å². The van der Waals surface area contributed by atoms with E-state index in [0.29, 0.717) is 29.0 Å². The Morgan fingerprint density at radius 1 is 1.12 bits per heavy atom. The molecule has 1 aliphatic rings. The Balaban J connectivity index is 0.000000180. The maximum Gasteiger partial charge on any atom is 0.177 e. The number of halogens is 4. The number of fused-ring (bicyclic) bond motifs is 2. The Kier molecular flexibility index (Phi) is 7.14. The second kappa shape index (κ2) is 9.77. The summed E-state index contributed by atoms with van der Waals surface area (Å²) in [6, 6.07) is 5.17. The summed E-state index contributed by atoms with van der Waals surface area (Å²) in [6.45, 7) is 1.82. The number of hydrogen-bond donors (Lipinski definition) is 2. The van der Waals surface area contributed by atoms with Crippen LogP contribution in [-0.4, -0.2) is 49.4 Å². The molecular weight excluding hydrogens is 525 g/mol. The number of thioether (sulfide) groups is 1. The zero-order valence-corrected chi connectivity index (χ0v) is 21.3. The van der Waals surface area contributed by atoms with E-state index in [0.717, 1.165) is 34.4 Å². The van der Waals surface area contributed by atoms with Gasteiger partial charge in [-0.05, 0) is 30.5 Å². The van der Waals surface area contributed by atoms with Crippen molar-refractivity contribution in [1.82, 2.24) is 14.9 Å². The van der Waals surface area contributed by atoms with Crippen LogP contribution in [0.2, 0.25) is 10.0 Å². The normalized spacial score (nSPS) is 13.6. The molecule has 0 bridgehead atoms. The quantitative estimate of drug-likeness (QED) is 0.331. The third kappa shape index (κ3) is 5.05. The van der Waals surface area contributed by atoms with Crippen LogP contribution >= 0.6 is 35.0 Å². The topological polar surface area (TPSA) is 79.2 Å². The van der Waals surface area contributed by atoms with Gasteiger partial charge >= 0.3 is 0 Å². The fourth-order valence-corrected chi connectivity index (χ4v) is 5.76. The van der Waals surface area contributed by atoms with E-state index in [1.165, 1.54) is 30.5 Å². The molecule has 2 aromatic heterocycles. The fraction of sp³-hybridized carbons (Fsp3) is 0.227. The molecule has 5 rings (SSSR count). The van der Waals surface area contributed by atoms with Crippen LogP contribution in [0.3, 0.4) is 0 Å². The fourth-order valence-electron chi connectivity index (χ4n) is 3.75. The number of nitrogens with zero attached hydrogens (tertiary/aromatic N) is 2. The van der Waals surface area contributed by atoms with Gasteiger partial charge in [0.05, 0.1) is 39.1 Å². The minimum absolute atomic E-state index is 0.0671. The van der Waals surface area contributed by atoms with Gasteiger partial charge in [-0.25, -0.2) is 17.2 Å². The average molecular weight is 545 g/mol. The van der Waals surface area contributed by atoms with Gasteiger partial charge in [0.1, 0.15) is 17.5 Å². The number of H-pyrrole nitrogens is 1. The highest BCUT2D eigenvalue weighted by Crippen LogP contribution is 2.32. The van der Waals surface area contributed by atoms with E-state index in [1.807, 2.05) is 12.5 Å². The summed E-state index contributed by atoms with van der Waals surface area (Å²) in [5, 5.41) is 4.85. The first-order chi connectivity index (χ1) is 16.1. The Morgan fingerprint density at radius 2 is 1.79 bits per heavy atom. The largest absolute Gasteiger partial charge is 0.370 e. The maximum absolute atomic E-state index is 13.6. The molecule has 6 nitrogen and oxygen atoms in total. The standard InChI is InChI=1S/C13H13ClFN3O2S.C9H7ClFNS/c1-21(19,20)11-6-18(7-12-16-2-3-17-12)13-9(11)4-8(15)5-10(13)14;1-13-8-4-12-9-6(8)2-5(11)3-7(9)10/h4-6H,2-3,7H2,1H3,(H,16,17);2-4,12H,1H3. The third-order valence-electron chi connectivity index (χ3n) is 5.21. The van der Waals surface area contributed by atoms with Gasteiger partial charge in [-0.15, -0.1) is 11.8 Å². The smallest absolute Gasteiger partial charge is 0.177 e. The summed E-state index contributed by atoms with van der Waals surface area (Å²) >= 11 is 13.5. The molecular formula is C22H20Cl2F2N4O2S2. The predicted octanol–water partition coefficient (Wildman–Crippen LogP) is 5.52. The molecule has 0 aliphatic carbocycles. The molecule has 0 atom stereocenters. The van der Waals surface area contributed by atoms with Gasteiger partial charge in [-0.2, -0.15) is 0 Å². The number of nitrogens with one attached hydrogen (secondary N) is 2. The Bertz CT molecular complexity index is 1530. The van der Waals surface area contributed by atoms with Gasteiger partial charge in [0, 0.05) is 40.9 Å². The average Bonchev–Trinajstić information content (AvgIpc) is 3.47. The Hall–Kier alpha value is -2.27. The van der Waals surface area contributed by atoms with Crippen molar-refractivity contribution in [2.24, 2.45) is 4.99 Å². The van der Waals surface area contributed by atoms with Crippen molar-refractivity contribution < 1.29 is 17.2 Å². The Labute approximate surface area is 209 Å². The van der Waals surface area contributed by atoms with Crippen molar-refractivity contribution in [2.75, 3.05) is 25.6 Å². The number of aliphatic imine (C=N–C) groups is 1. The van der Waals surface area contributed by atoms with Crippen molar-refractivity contribution in [3.05, 3.63) is 58.3 Å². The summed E-state index contributed by atoms with van der Waals surface area (Å²) in [6.07, 6.45) is 6.35. The lowest BCUT2D eigenvalue weighted by atomic mass is 10.2. The van der Waals surface area contributed by atoms with Crippen LogP contribution in [0.15, 0.2) is 51.4 Å². The molecule has 0 saturated carbocycles. The molecule has 34 heavy (non-hydrogen) atoms. The summed E-state index contributed by atoms with van der Waals surface area (Å²) in [5.41, 5.74) is 1.29. The zero-order valence-electron chi connectivity index (χ0n) is 18.1. The van der Waals surface area contributed by atoms with Gasteiger partial charge in [0.25, 0.3) is 0 Å². The van der Waals surface area contributed by atoms with Crippen LogP contribution in [0.25, 0.3) is 21.8 Å². The molecule has 0 unspecified atom stereocenters. The lowest BCUT2D eigenvalue weighted by Gasteiger charge is -2.07. The number of benzene rings is 2. The van der Waals surface area contributed by atoms with Crippen LogP contribution in [0.4, 0.5) is 8.78 Å². The first-order valence-corrected chi connectivity index (χ1v) is 13.9. The number of rotatable bonds is 4. The number of sulfone groups is 1. The van der Waals surface area contributed by atoms with E-state index in [1.54, 1.807) is 16.3 Å². The lowest BCUT2D eigenvalue weighted by Crippen LogP contribution is -2.23. The van der Waals surface area contributed by atoms with Gasteiger partial charge < -0.3 is 14.9 Å². The van der Waals surface area contributed by atoms with E-state index in [4.69, 9.17) is 23.2 Å². The molecule has 3 heterocycles. The number of aromatic amines is 1. The first-order valence-electron chi connectivity index (χ1n) is 10.0. The SMILES string of the molecule is CS(=O)(=O)c1cn(CC2=NCCN2)c2c(Cl)cc(F)cc12.CSc1c[nH]c2c(Cl)cc(F)cc12. The monoisotopic (exact) mass is 544 g/mol. The highest BCUT2D eigenvalue weighted by molar-refractivity contribution is 7.98. The van der Waals surface area contributed by atoms with Gasteiger partial charge in [-0.3, -0.25) is 4.99 Å². The number of aromatic nitrogens is 2. The molecule has 2 N–H and O–H groups in total. The molecule has 0 fully saturated rings. The van der Waals surface area contributed by atoms with Gasteiger partial charge in [-0.1, -0.05) is 23.2 Å². The van der Waals surface area contributed by atoms with Crippen molar-refractivity contribution >= 4 is 72.4 Å². The van der Waals surface area contributed by atoms with E-state index in [2.05, 4.69) is 15.3 Å². The number of hydrogen-bond acceptors (Lipinski definition) is 5. The van der Waals surface area contributed by atoms with Crippen LogP contribution in [-0.2, 0) is 16.4 Å². The minimum Gasteiger partial charge on any atom is -0.370 e. The summed E-state index contributed by atoms with van der Waals surface area (Å²) in [4.78, 5) is 8.37. The molecule has 0 amide bonds. The van der Waals surface area contributed by atoms with Crippen LogP contribution in [0.1, 0.15) is 0 Å². The van der Waals surface area contributed by atoms with Crippen molar-refractivity contribution in [1.29, 1.82) is 0 Å². The van der Waals surface area contributed by atoms with Gasteiger partial charge in [0.15, 0.2) is 9.84 Å². The highest BCUT2D eigenvalue weighted by atomic mass is 35.5. The highest BCUT2D eigenvalue weighted by Gasteiger charge is 2.21. The van der Waals surface area contributed by atoms with Crippen LogP contribution in [0, 0.1) is 11.6 Å². The second-order valence-corrected chi connectivity index (χ2v) is 11.2. The minimum atomic E-state index is -3.48. The molecule has 4 aromatic rings. The molecule has 0 saturated heterocycles. The van der Waals surface area contributed by atoms with Gasteiger partial charge in [0.2, 0.25) is 0 Å². The molecule has 2 aromatic carbocycles. The number of amidine groups is 1. The molecule has 0 spiro atoms. The second-order valence-electron chi connectivity index (χ2n) is 7.60. The van der Waals surface area contributed by atoms with E-state index < -0.39 is 15.7 Å². The van der Waals surface area contributed by atoms with Crippen LogP contribution in [0.5, 0.6) is 0 Å². The van der Waals surface area contributed by atoms with E-state index >= 15 is 0 Å². The lowest BCUT2D eigenvalue weighted by molar-refractivity contribution is 0.602. The summed E-state index contributed by atoms with van der Waals surface area (Å²) in [7, 11) is -3.48. The predicted molar refractivity (Wildman–Crippen MR) is 135 cm³/mol. The first kappa shape index (κ1) is 24.8. The van der Waals surface area contributed by atoms with E-state index in [-0.39, 0.29) is 15.7 Å². The zero-order chi connectivity index (χ0) is 24.6. The van der Waals surface area contributed by atoms with E-state index in [9.17, 15) is 17.2 Å². The molecule has 12 heteroatoms. The van der Waals surface area contributed by atoms with Crippen molar-refractivity contribution in [3.8, 4) is 0 Å². The maximum atomic E-state index is 13.6. The summed E-state index contributed by atoms with van der Waals surface area (Å²) < 4.78 is 52.0. The summed E-state index contributed by atoms with van der Waals surface area (Å²) in [5.74, 6) is -0.105. The van der Waals surface area contributed by atoms with Crippen molar-refractivity contribution in [3.63, 3.8) is 0 Å². The van der Waals surface area contributed by atoms with Crippen LogP contribution < -0.4 is 5.32 Å².